The zero-order valence-corrected chi connectivity index (χ0v) is 15.3. The molecule has 3 atom stereocenters. The summed E-state index contributed by atoms with van der Waals surface area (Å²) in [5, 5.41) is 2.90. The maximum Gasteiger partial charge on any atom is 0.224 e. The van der Waals surface area contributed by atoms with Crippen molar-refractivity contribution in [1.29, 1.82) is 0 Å². The van der Waals surface area contributed by atoms with E-state index in [-0.39, 0.29) is 23.8 Å². The van der Waals surface area contributed by atoms with Gasteiger partial charge in [-0.1, -0.05) is 37.3 Å². The largest absolute Gasteiger partial charge is 0.355 e. The van der Waals surface area contributed by atoms with E-state index in [4.69, 9.17) is 0 Å². The van der Waals surface area contributed by atoms with Gasteiger partial charge in [-0.15, -0.1) is 0 Å². The molecule has 1 aromatic carbocycles. The summed E-state index contributed by atoms with van der Waals surface area (Å²) in [5.74, 6) is 0.945. The van der Waals surface area contributed by atoms with Crippen LogP contribution in [-0.2, 0) is 16.1 Å². The molecule has 25 heavy (non-hydrogen) atoms. The normalized spacial score (nSPS) is 26.3. The summed E-state index contributed by atoms with van der Waals surface area (Å²) in [4.78, 5) is 28.6. The van der Waals surface area contributed by atoms with Gasteiger partial charge in [-0.2, -0.15) is 0 Å². The summed E-state index contributed by atoms with van der Waals surface area (Å²) in [6.07, 6.45) is 1.38. The Morgan fingerprint density at radius 3 is 2.52 bits per heavy atom. The molecule has 5 nitrogen and oxygen atoms in total. The van der Waals surface area contributed by atoms with E-state index in [1.165, 1.54) is 5.56 Å². The molecule has 5 heteroatoms. The molecule has 1 aliphatic heterocycles. The molecule has 3 rings (SSSR count). The van der Waals surface area contributed by atoms with Crippen molar-refractivity contribution in [2.75, 3.05) is 26.2 Å². The molecule has 1 aliphatic carbocycles. The Balaban J connectivity index is 1.40. The van der Waals surface area contributed by atoms with Crippen molar-refractivity contribution in [3.8, 4) is 0 Å². The van der Waals surface area contributed by atoms with Gasteiger partial charge in [0.25, 0.3) is 0 Å². The molecule has 0 radical (unpaired) electrons. The molecule has 0 aromatic heterocycles. The zero-order valence-electron chi connectivity index (χ0n) is 15.3. The SMILES string of the molecule is CC1CC1C(=O)NCCC(=O)N1CCN(Cc2ccccc2)C[C@H]1C. The first-order valence-electron chi connectivity index (χ1n) is 9.38. The van der Waals surface area contributed by atoms with Crippen LogP contribution in [0.1, 0.15) is 32.3 Å². The van der Waals surface area contributed by atoms with Crippen LogP contribution < -0.4 is 5.32 Å². The number of hydrogen-bond acceptors (Lipinski definition) is 3. The van der Waals surface area contributed by atoms with Gasteiger partial charge in [0.2, 0.25) is 11.8 Å². The van der Waals surface area contributed by atoms with Crippen LogP contribution in [0, 0.1) is 11.8 Å². The van der Waals surface area contributed by atoms with Gasteiger partial charge in [0.15, 0.2) is 0 Å². The molecule has 2 fully saturated rings. The van der Waals surface area contributed by atoms with E-state index < -0.39 is 0 Å². The lowest BCUT2D eigenvalue weighted by molar-refractivity contribution is -0.135. The molecule has 1 aromatic rings. The molecule has 0 spiro atoms. The number of amides is 2. The average Bonchev–Trinajstić information content (AvgIpc) is 3.32. The molecule has 1 heterocycles. The number of carbonyl (C=O) groups excluding carboxylic acids is 2. The van der Waals surface area contributed by atoms with E-state index in [1.807, 2.05) is 11.0 Å². The lowest BCUT2D eigenvalue weighted by Crippen LogP contribution is -2.54. The third-order valence-corrected chi connectivity index (χ3v) is 5.37. The summed E-state index contributed by atoms with van der Waals surface area (Å²) < 4.78 is 0. The Hall–Kier alpha value is -1.88. The van der Waals surface area contributed by atoms with E-state index in [2.05, 4.69) is 48.3 Å². The summed E-state index contributed by atoms with van der Waals surface area (Å²) >= 11 is 0. The number of benzene rings is 1. The van der Waals surface area contributed by atoms with Crippen molar-refractivity contribution in [3.63, 3.8) is 0 Å². The van der Waals surface area contributed by atoms with Crippen LogP contribution in [0.3, 0.4) is 0 Å². The van der Waals surface area contributed by atoms with Crippen LogP contribution in [-0.4, -0.2) is 53.8 Å². The maximum atomic E-state index is 12.5. The molecule has 1 saturated heterocycles. The predicted molar refractivity (Wildman–Crippen MR) is 97.8 cm³/mol. The molecule has 1 saturated carbocycles. The highest BCUT2D eigenvalue weighted by Gasteiger charge is 2.38. The van der Waals surface area contributed by atoms with E-state index in [1.54, 1.807) is 0 Å². The Bertz CT molecular complexity index is 604. The molecule has 2 aliphatic rings. The van der Waals surface area contributed by atoms with Crippen LogP contribution in [0.15, 0.2) is 30.3 Å². The first-order valence-corrected chi connectivity index (χ1v) is 9.38. The van der Waals surface area contributed by atoms with Gasteiger partial charge < -0.3 is 10.2 Å². The van der Waals surface area contributed by atoms with Crippen molar-refractivity contribution in [2.45, 2.75) is 39.3 Å². The second kappa shape index (κ2) is 8.00. The van der Waals surface area contributed by atoms with Crippen molar-refractivity contribution in [3.05, 3.63) is 35.9 Å². The second-order valence-electron chi connectivity index (χ2n) is 7.52. The summed E-state index contributed by atoms with van der Waals surface area (Å²) in [5.41, 5.74) is 1.31. The number of nitrogens with one attached hydrogen (secondary N) is 1. The topological polar surface area (TPSA) is 52.7 Å². The van der Waals surface area contributed by atoms with Crippen LogP contribution in [0.2, 0.25) is 0 Å². The van der Waals surface area contributed by atoms with Gasteiger partial charge >= 0.3 is 0 Å². The van der Waals surface area contributed by atoms with Crippen molar-refractivity contribution in [2.24, 2.45) is 11.8 Å². The number of carbonyl (C=O) groups is 2. The van der Waals surface area contributed by atoms with E-state index in [9.17, 15) is 9.59 Å². The van der Waals surface area contributed by atoms with Gasteiger partial charge in [-0.25, -0.2) is 0 Å². The Morgan fingerprint density at radius 2 is 1.88 bits per heavy atom. The van der Waals surface area contributed by atoms with Crippen LogP contribution in [0.4, 0.5) is 0 Å². The fourth-order valence-corrected chi connectivity index (χ4v) is 3.64. The third kappa shape index (κ3) is 4.82. The number of hydrogen-bond donors (Lipinski definition) is 1. The minimum atomic E-state index is 0.112. The van der Waals surface area contributed by atoms with E-state index >= 15 is 0 Å². The first-order chi connectivity index (χ1) is 12.0. The Kier molecular flexibility index (Phi) is 5.74. The molecule has 0 bridgehead atoms. The smallest absolute Gasteiger partial charge is 0.224 e. The van der Waals surface area contributed by atoms with Crippen LogP contribution in [0.5, 0.6) is 0 Å². The Morgan fingerprint density at radius 1 is 1.16 bits per heavy atom. The number of piperazine rings is 1. The monoisotopic (exact) mass is 343 g/mol. The van der Waals surface area contributed by atoms with Crippen LogP contribution >= 0.6 is 0 Å². The lowest BCUT2D eigenvalue weighted by atomic mass is 10.1. The summed E-state index contributed by atoms with van der Waals surface area (Å²) in [6.45, 7) is 8.15. The van der Waals surface area contributed by atoms with Gasteiger partial charge in [-0.3, -0.25) is 14.5 Å². The highest BCUT2D eigenvalue weighted by Crippen LogP contribution is 2.37. The molecule has 2 amide bonds. The lowest BCUT2D eigenvalue weighted by Gasteiger charge is -2.40. The van der Waals surface area contributed by atoms with Crippen molar-refractivity contribution < 1.29 is 9.59 Å². The fraction of sp³-hybridized carbons (Fsp3) is 0.600. The second-order valence-corrected chi connectivity index (χ2v) is 7.52. The molecular formula is C20H29N3O2. The zero-order chi connectivity index (χ0) is 17.8. The molecule has 2 unspecified atom stereocenters. The highest BCUT2D eigenvalue weighted by molar-refractivity contribution is 5.82. The van der Waals surface area contributed by atoms with E-state index in [0.717, 1.165) is 32.6 Å². The molecular weight excluding hydrogens is 314 g/mol. The van der Waals surface area contributed by atoms with E-state index in [0.29, 0.717) is 18.9 Å². The van der Waals surface area contributed by atoms with Crippen molar-refractivity contribution >= 4 is 11.8 Å². The number of rotatable bonds is 6. The van der Waals surface area contributed by atoms with Crippen LogP contribution in [0.25, 0.3) is 0 Å². The van der Waals surface area contributed by atoms with Gasteiger partial charge in [0, 0.05) is 51.1 Å². The average molecular weight is 343 g/mol. The minimum Gasteiger partial charge on any atom is -0.355 e. The fourth-order valence-electron chi connectivity index (χ4n) is 3.64. The maximum absolute atomic E-state index is 12.5. The molecule has 136 valence electrons. The number of nitrogens with zero attached hydrogens (tertiary/aromatic N) is 2. The minimum absolute atomic E-state index is 0.112. The predicted octanol–water partition coefficient (Wildman–Crippen LogP) is 1.88. The Labute approximate surface area is 150 Å². The van der Waals surface area contributed by atoms with Crippen molar-refractivity contribution in [1.82, 2.24) is 15.1 Å². The molecule has 1 N–H and O–H groups in total. The summed E-state index contributed by atoms with van der Waals surface area (Å²) in [6, 6.07) is 10.7. The van der Waals surface area contributed by atoms with Gasteiger partial charge in [0.1, 0.15) is 0 Å². The quantitative estimate of drug-likeness (QED) is 0.858. The summed E-state index contributed by atoms with van der Waals surface area (Å²) in [7, 11) is 0. The van der Waals surface area contributed by atoms with Gasteiger partial charge in [-0.05, 0) is 24.8 Å². The third-order valence-electron chi connectivity index (χ3n) is 5.37. The highest BCUT2D eigenvalue weighted by atomic mass is 16.2. The first kappa shape index (κ1) is 17.9. The standard InChI is InChI=1S/C20H29N3O2/c1-15-12-18(15)20(25)21-9-8-19(24)23-11-10-22(13-16(23)2)14-17-6-4-3-5-7-17/h3-7,15-16,18H,8-14H2,1-2H3,(H,21,25)/t15?,16-,18?/m1/s1. The van der Waals surface area contributed by atoms with Gasteiger partial charge in [0.05, 0.1) is 0 Å².